The number of rotatable bonds is 2. The van der Waals surface area contributed by atoms with Gasteiger partial charge in [-0.25, -0.2) is 0 Å². The van der Waals surface area contributed by atoms with Gasteiger partial charge < -0.3 is 5.32 Å². The molecule has 3 rings (SSSR count). The summed E-state index contributed by atoms with van der Waals surface area (Å²) in [5, 5.41) is 3.47. The lowest BCUT2D eigenvalue weighted by Gasteiger charge is -2.20. The van der Waals surface area contributed by atoms with Crippen LogP contribution in [0.15, 0.2) is 18.2 Å². The van der Waals surface area contributed by atoms with Crippen LogP contribution in [0.25, 0.3) is 0 Å². The Morgan fingerprint density at radius 1 is 1.29 bits per heavy atom. The Labute approximate surface area is 85.5 Å². The highest BCUT2D eigenvalue weighted by Crippen LogP contribution is 2.34. The zero-order valence-corrected chi connectivity index (χ0v) is 8.55. The first-order valence-electron chi connectivity index (χ1n) is 5.74. The van der Waals surface area contributed by atoms with E-state index in [4.69, 9.17) is 0 Å². The van der Waals surface area contributed by atoms with Crippen LogP contribution in [0.3, 0.4) is 0 Å². The predicted octanol–water partition coefficient (Wildman–Crippen LogP) is 2.28. The van der Waals surface area contributed by atoms with Crippen LogP contribution in [-0.2, 0) is 19.4 Å². The maximum atomic E-state index is 3.47. The van der Waals surface area contributed by atoms with Crippen molar-refractivity contribution in [1.29, 1.82) is 0 Å². The molecule has 1 N–H and O–H groups in total. The molecular weight excluding hydrogens is 170 g/mol. The van der Waals surface area contributed by atoms with E-state index >= 15 is 0 Å². The number of nitrogens with one attached hydrogen (secondary N) is 1. The molecule has 1 heteroatoms. The average molecular weight is 187 g/mol. The van der Waals surface area contributed by atoms with Gasteiger partial charge in [-0.1, -0.05) is 18.2 Å². The summed E-state index contributed by atoms with van der Waals surface area (Å²) in [5.41, 5.74) is 4.80. The van der Waals surface area contributed by atoms with E-state index in [-0.39, 0.29) is 0 Å². The average Bonchev–Trinajstić information content (AvgIpc) is 3.03. The molecule has 74 valence electrons. The van der Waals surface area contributed by atoms with Crippen molar-refractivity contribution in [1.82, 2.24) is 5.32 Å². The van der Waals surface area contributed by atoms with E-state index in [9.17, 15) is 0 Å². The van der Waals surface area contributed by atoms with Crippen molar-refractivity contribution in [2.45, 2.75) is 32.2 Å². The maximum Gasteiger partial charge on any atom is 0.0211 e. The maximum absolute atomic E-state index is 3.47. The van der Waals surface area contributed by atoms with E-state index in [1.165, 1.54) is 25.7 Å². The third-order valence-electron chi connectivity index (χ3n) is 3.45. The minimum Gasteiger partial charge on any atom is -0.312 e. The highest BCUT2D eigenvalue weighted by atomic mass is 14.9. The van der Waals surface area contributed by atoms with E-state index in [0.717, 1.165) is 19.0 Å². The molecule has 0 atom stereocenters. The van der Waals surface area contributed by atoms with Crippen molar-refractivity contribution in [3.8, 4) is 0 Å². The van der Waals surface area contributed by atoms with Crippen LogP contribution in [0.5, 0.6) is 0 Å². The van der Waals surface area contributed by atoms with Crippen molar-refractivity contribution < 1.29 is 0 Å². The van der Waals surface area contributed by atoms with E-state index in [0.29, 0.717) is 0 Å². The number of hydrogen-bond acceptors (Lipinski definition) is 1. The van der Waals surface area contributed by atoms with Gasteiger partial charge in [0.15, 0.2) is 0 Å². The lowest BCUT2D eigenvalue weighted by Crippen LogP contribution is -2.24. The Morgan fingerprint density at radius 2 is 2.21 bits per heavy atom. The Hall–Kier alpha value is -0.820. The lowest BCUT2D eigenvalue weighted by atomic mass is 9.93. The smallest absolute Gasteiger partial charge is 0.0211 e. The molecule has 1 fully saturated rings. The number of fused-ring (bicyclic) bond motifs is 1. The molecule has 14 heavy (non-hydrogen) atoms. The molecule has 0 spiro atoms. The first-order chi connectivity index (χ1) is 6.93. The Bertz CT molecular complexity index is 339. The fourth-order valence-electron chi connectivity index (χ4n) is 2.41. The summed E-state index contributed by atoms with van der Waals surface area (Å²) in [6.07, 6.45) is 5.45. The van der Waals surface area contributed by atoms with Crippen LogP contribution in [-0.4, -0.2) is 6.54 Å². The van der Waals surface area contributed by atoms with Crippen LogP contribution in [0, 0.1) is 5.92 Å². The second kappa shape index (κ2) is 3.39. The van der Waals surface area contributed by atoms with Gasteiger partial charge in [-0.15, -0.1) is 0 Å². The Kier molecular flexibility index (Phi) is 2.06. The van der Waals surface area contributed by atoms with Gasteiger partial charge in [-0.3, -0.25) is 0 Å². The van der Waals surface area contributed by atoms with E-state index < -0.39 is 0 Å². The third-order valence-corrected chi connectivity index (χ3v) is 3.45. The van der Waals surface area contributed by atoms with E-state index in [2.05, 4.69) is 23.5 Å². The molecule has 1 nitrogen and oxygen atoms in total. The zero-order chi connectivity index (χ0) is 9.38. The minimum atomic E-state index is 1.00. The van der Waals surface area contributed by atoms with Crippen LogP contribution in [0.1, 0.15) is 29.5 Å². The lowest BCUT2D eigenvalue weighted by molar-refractivity contribution is 0.633. The first kappa shape index (κ1) is 8.49. The molecule has 1 aromatic carbocycles. The van der Waals surface area contributed by atoms with E-state index in [1.54, 1.807) is 16.7 Å². The van der Waals surface area contributed by atoms with Crippen molar-refractivity contribution in [3.05, 3.63) is 34.9 Å². The van der Waals surface area contributed by atoms with E-state index in [1.807, 2.05) is 0 Å². The second-order valence-electron chi connectivity index (χ2n) is 4.63. The van der Waals surface area contributed by atoms with Gasteiger partial charge in [0.05, 0.1) is 0 Å². The summed E-state index contributed by atoms with van der Waals surface area (Å²) in [6.45, 7) is 2.25. The van der Waals surface area contributed by atoms with Crippen LogP contribution < -0.4 is 5.32 Å². The monoisotopic (exact) mass is 187 g/mol. The molecule has 1 saturated carbocycles. The summed E-state index contributed by atoms with van der Waals surface area (Å²) < 4.78 is 0. The van der Waals surface area contributed by atoms with Crippen LogP contribution in [0.2, 0.25) is 0 Å². The quantitative estimate of drug-likeness (QED) is 0.749. The number of benzene rings is 1. The highest BCUT2D eigenvalue weighted by Gasteiger charge is 2.23. The Balaban J connectivity index is 1.92. The fourth-order valence-corrected chi connectivity index (χ4v) is 2.41. The molecule has 1 heterocycles. The van der Waals surface area contributed by atoms with Crippen molar-refractivity contribution in [3.63, 3.8) is 0 Å². The van der Waals surface area contributed by atoms with Crippen LogP contribution >= 0.6 is 0 Å². The molecule has 0 unspecified atom stereocenters. The largest absolute Gasteiger partial charge is 0.312 e. The second-order valence-corrected chi connectivity index (χ2v) is 4.63. The normalized spacial score (nSPS) is 20.6. The van der Waals surface area contributed by atoms with Crippen LogP contribution in [0.4, 0.5) is 0 Å². The molecule has 0 bridgehead atoms. The zero-order valence-electron chi connectivity index (χ0n) is 8.55. The molecule has 0 saturated heterocycles. The number of hydrogen-bond donors (Lipinski definition) is 1. The summed E-state index contributed by atoms with van der Waals surface area (Å²) in [5.74, 6) is 1.00. The van der Waals surface area contributed by atoms with Crippen molar-refractivity contribution >= 4 is 0 Å². The van der Waals surface area contributed by atoms with Gasteiger partial charge in [0.25, 0.3) is 0 Å². The summed E-state index contributed by atoms with van der Waals surface area (Å²) in [4.78, 5) is 0. The summed E-state index contributed by atoms with van der Waals surface area (Å²) in [7, 11) is 0. The molecule has 2 aliphatic rings. The molecule has 1 aromatic rings. The SMILES string of the molecule is c1cc2c(c(CC3CC3)c1)CNCC2. The molecule has 0 amide bonds. The summed E-state index contributed by atoms with van der Waals surface area (Å²) >= 11 is 0. The first-order valence-corrected chi connectivity index (χ1v) is 5.74. The standard InChI is InChI=1S/C13H17N/c1-2-11-6-7-14-9-13(11)12(3-1)8-10-4-5-10/h1-3,10,14H,4-9H2. The molecule has 0 aromatic heterocycles. The van der Waals surface area contributed by atoms with Gasteiger partial charge in [0, 0.05) is 6.54 Å². The molecule has 1 aliphatic carbocycles. The fraction of sp³-hybridized carbons (Fsp3) is 0.538. The molecular formula is C13H17N. The predicted molar refractivity (Wildman–Crippen MR) is 58.3 cm³/mol. The van der Waals surface area contributed by atoms with Gasteiger partial charge >= 0.3 is 0 Å². The van der Waals surface area contributed by atoms with Gasteiger partial charge in [-0.2, -0.15) is 0 Å². The van der Waals surface area contributed by atoms with Gasteiger partial charge in [0.2, 0.25) is 0 Å². The van der Waals surface area contributed by atoms with Gasteiger partial charge in [-0.05, 0) is 54.8 Å². The topological polar surface area (TPSA) is 12.0 Å². The molecule has 1 aliphatic heterocycles. The Morgan fingerprint density at radius 3 is 3.07 bits per heavy atom. The van der Waals surface area contributed by atoms with Crippen molar-refractivity contribution in [2.24, 2.45) is 5.92 Å². The third kappa shape index (κ3) is 1.57. The minimum absolute atomic E-state index is 1.00. The van der Waals surface area contributed by atoms with Crippen molar-refractivity contribution in [2.75, 3.05) is 6.54 Å². The van der Waals surface area contributed by atoms with Gasteiger partial charge in [0.1, 0.15) is 0 Å². The highest BCUT2D eigenvalue weighted by molar-refractivity contribution is 5.37. The molecule has 0 radical (unpaired) electrons. The summed E-state index contributed by atoms with van der Waals surface area (Å²) in [6, 6.07) is 6.86.